The number of benzene rings is 2. The number of nitrogens with two attached hydrogens (primary N) is 2. The number of carbonyl (C=O) groups is 6. The molecule has 7 atom stereocenters. The van der Waals surface area contributed by atoms with Crippen molar-refractivity contribution in [2.45, 2.75) is 109 Å². The predicted molar refractivity (Wildman–Crippen MR) is 206 cm³/mol. The summed E-state index contributed by atoms with van der Waals surface area (Å²) in [5.41, 5.74) is 14.7. The molecule has 17 heteroatoms. The molecule has 1 fully saturated rings. The second kappa shape index (κ2) is 21.3. The maximum Gasteiger partial charge on any atom is 0.475 e. The number of aliphatic hydroxyl groups excluding tert-OH is 1. The first-order valence-corrected chi connectivity index (χ1v) is 18.8. The molecule has 55 heavy (non-hydrogen) atoms. The monoisotopic (exact) mass is 765 g/mol. The highest BCUT2D eigenvalue weighted by Gasteiger charge is 2.41. The lowest BCUT2D eigenvalue weighted by molar-refractivity contribution is -0.136. The lowest BCUT2D eigenvalue weighted by Gasteiger charge is -2.28. The van der Waals surface area contributed by atoms with Crippen LogP contribution in [0.1, 0.15) is 82.1 Å². The van der Waals surface area contributed by atoms with Gasteiger partial charge in [-0.05, 0) is 81.3 Å². The lowest BCUT2D eigenvalue weighted by atomic mass is 9.81. The van der Waals surface area contributed by atoms with E-state index >= 15 is 0 Å². The van der Waals surface area contributed by atoms with E-state index < -0.39 is 85.2 Å². The summed E-state index contributed by atoms with van der Waals surface area (Å²) in [7, 11) is -1.92. The van der Waals surface area contributed by atoms with Gasteiger partial charge in [-0.1, -0.05) is 62.6 Å². The van der Waals surface area contributed by atoms with Crippen molar-refractivity contribution in [2.75, 3.05) is 13.1 Å². The number of aliphatic hydroxyl groups is 1. The first-order valence-electron chi connectivity index (χ1n) is 18.8. The van der Waals surface area contributed by atoms with Crippen LogP contribution in [0.15, 0.2) is 48.5 Å². The van der Waals surface area contributed by atoms with E-state index in [0.29, 0.717) is 5.56 Å². The molecule has 1 heterocycles. The zero-order chi connectivity index (χ0) is 40.8. The van der Waals surface area contributed by atoms with E-state index in [-0.39, 0.29) is 25.4 Å². The Labute approximate surface area is 322 Å². The summed E-state index contributed by atoms with van der Waals surface area (Å²) in [5, 5.41) is 38.4. The average molecular weight is 766 g/mol. The Morgan fingerprint density at radius 1 is 0.836 bits per heavy atom. The van der Waals surface area contributed by atoms with Crippen LogP contribution in [0.5, 0.6) is 0 Å². The Kier molecular flexibility index (Phi) is 17.3. The van der Waals surface area contributed by atoms with Crippen LogP contribution in [-0.4, -0.2) is 112 Å². The fourth-order valence-electron chi connectivity index (χ4n) is 6.29. The Morgan fingerprint density at radius 2 is 1.45 bits per heavy atom. The van der Waals surface area contributed by atoms with Crippen LogP contribution in [0, 0.1) is 5.92 Å². The number of nitrogens with one attached hydrogen (secondary N) is 4. The molecule has 0 aliphatic carbocycles. The zero-order valence-corrected chi connectivity index (χ0v) is 32.0. The molecule has 2 aromatic carbocycles. The molecule has 0 bridgehead atoms. The molecule has 1 aliphatic heterocycles. The molecule has 300 valence electrons. The molecule has 0 spiro atoms. The predicted octanol–water partition coefficient (Wildman–Crippen LogP) is -0.487. The number of rotatable bonds is 20. The first kappa shape index (κ1) is 44.6. The Morgan fingerprint density at radius 3 is 2.00 bits per heavy atom. The summed E-state index contributed by atoms with van der Waals surface area (Å²) in [4.78, 5) is 79.3. The third-order valence-electron chi connectivity index (χ3n) is 9.69. The summed E-state index contributed by atoms with van der Waals surface area (Å²) < 4.78 is 0. The van der Waals surface area contributed by atoms with Crippen LogP contribution in [0.4, 0.5) is 0 Å². The number of unbranched alkanes of at least 4 members (excludes halogenated alkanes) is 3. The standard InChI is InChI=1S/C38H56BN7O9/c1-5-6-7-8-9-25-10-12-27(13-11-25)28-14-16-29(17-15-28)38(53)46-21-26(20-40)18-31(46)36(51)45-33(23(3)47)37(52)42-22(2)34(49)44-30(19-32(41)48)35(50)43-24(4)39(54)55/h10-17,22-24,26,30-31,33,47,54-55H,5-9,18-21,40H2,1-4H3,(H2,41,48)(H,42,52)(H,43,50)(H,44,49)(H,45,51)/t22-,23+,24-,26?,30-,31-,33-/m0/s1. The number of amides is 6. The van der Waals surface area contributed by atoms with Crippen molar-refractivity contribution in [1.82, 2.24) is 26.2 Å². The molecule has 3 rings (SSSR count). The van der Waals surface area contributed by atoms with E-state index in [1.54, 1.807) is 12.1 Å². The highest BCUT2D eigenvalue weighted by atomic mass is 16.4. The highest BCUT2D eigenvalue weighted by molar-refractivity contribution is 6.43. The number of likely N-dealkylation sites (tertiary alicyclic amines) is 1. The Bertz CT molecular complexity index is 1620. The van der Waals surface area contributed by atoms with Gasteiger partial charge >= 0.3 is 7.12 Å². The maximum absolute atomic E-state index is 13.8. The van der Waals surface area contributed by atoms with Crippen molar-refractivity contribution in [3.8, 4) is 11.1 Å². The van der Waals surface area contributed by atoms with Crippen LogP contribution in [0.3, 0.4) is 0 Å². The van der Waals surface area contributed by atoms with E-state index in [4.69, 9.17) is 11.5 Å². The van der Waals surface area contributed by atoms with E-state index in [0.717, 1.165) is 24.0 Å². The molecular formula is C38H56BN7O9. The molecule has 16 nitrogen and oxygen atoms in total. The van der Waals surface area contributed by atoms with Gasteiger partial charge in [0.25, 0.3) is 5.91 Å². The fraction of sp³-hybridized carbons (Fsp3) is 0.526. The van der Waals surface area contributed by atoms with Crippen molar-refractivity contribution in [1.29, 1.82) is 0 Å². The summed E-state index contributed by atoms with van der Waals surface area (Å²) in [5.74, 6) is -6.16. The molecule has 11 N–H and O–H groups in total. The van der Waals surface area contributed by atoms with Crippen LogP contribution in [0.25, 0.3) is 11.1 Å². The van der Waals surface area contributed by atoms with Gasteiger partial charge in [0, 0.05) is 12.1 Å². The van der Waals surface area contributed by atoms with Crippen molar-refractivity contribution in [3.05, 3.63) is 59.7 Å². The molecule has 2 aromatic rings. The van der Waals surface area contributed by atoms with Crippen LogP contribution < -0.4 is 32.7 Å². The number of primary amides is 1. The smallest absolute Gasteiger partial charge is 0.426 e. The third kappa shape index (κ3) is 13.2. The van der Waals surface area contributed by atoms with Crippen LogP contribution in [-0.2, 0) is 30.4 Å². The molecule has 0 radical (unpaired) electrons. The van der Waals surface area contributed by atoms with E-state index in [1.165, 1.54) is 50.5 Å². The lowest BCUT2D eigenvalue weighted by Crippen LogP contribution is -2.60. The molecule has 6 amide bonds. The Balaban J connectivity index is 1.67. The zero-order valence-electron chi connectivity index (χ0n) is 32.0. The fourth-order valence-corrected chi connectivity index (χ4v) is 6.29. The van der Waals surface area contributed by atoms with Gasteiger partial charge in [-0.15, -0.1) is 0 Å². The van der Waals surface area contributed by atoms with E-state index in [1.807, 2.05) is 12.1 Å². The molecule has 1 aliphatic rings. The van der Waals surface area contributed by atoms with E-state index in [9.17, 15) is 43.9 Å². The van der Waals surface area contributed by atoms with Gasteiger partial charge in [0.2, 0.25) is 29.5 Å². The normalized spacial score (nSPS) is 17.9. The topological polar surface area (TPSA) is 267 Å². The molecule has 0 aromatic heterocycles. The van der Waals surface area contributed by atoms with Crippen molar-refractivity contribution in [2.24, 2.45) is 17.4 Å². The van der Waals surface area contributed by atoms with Crippen molar-refractivity contribution < 1.29 is 43.9 Å². The van der Waals surface area contributed by atoms with Crippen molar-refractivity contribution in [3.63, 3.8) is 0 Å². The van der Waals surface area contributed by atoms with Gasteiger partial charge < -0.3 is 52.8 Å². The quantitative estimate of drug-likeness (QED) is 0.0617. The number of aryl methyl sites for hydroxylation is 1. The molecule has 0 saturated carbocycles. The maximum atomic E-state index is 13.8. The van der Waals surface area contributed by atoms with Gasteiger partial charge in [-0.25, -0.2) is 0 Å². The average Bonchev–Trinajstić information content (AvgIpc) is 3.59. The number of nitrogens with zero attached hydrogens (tertiary/aromatic N) is 1. The van der Waals surface area contributed by atoms with Crippen LogP contribution in [0.2, 0.25) is 0 Å². The minimum atomic E-state index is -1.92. The molecule has 1 saturated heterocycles. The molecule has 1 unspecified atom stereocenters. The second-order valence-electron chi connectivity index (χ2n) is 14.3. The first-order chi connectivity index (χ1) is 26.1. The van der Waals surface area contributed by atoms with Gasteiger partial charge in [0.05, 0.1) is 18.5 Å². The van der Waals surface area contributed by atoms with Gasteiger partial charge in [-0.2, -0.15) is 0 Å². The SMILES string of the molecule is CCCCCCc1ccc(-c2ccc(C(=O)N3CC(CN)C[C@H]3C(=O)N[C@H](C(=O)N[C@@H](C)C(=O)N[C@@H](CC(N)=O)C(=O)N[C@@H](C)B(O)O)[C@@H](C)O)cc2)cc1. The van der Waals surface area contributed by atoms with Crippen molar-refractivity contribution >= 4 is 42.6 Å². The van der Waals surface area contributed by atoms with Gasteiger partial charge in [-0.3, -0.25) is 28.8 Å². The summed E-state index contributed by atoms with van der Waals surface area (Å²) in [6, 6.07) is 10.1. The Hall–Kier alpha value is -4.84. The number of hydrogen-bond donors (Lipinski definition) is 9. The third-order valence-corrected chi connectivity index (χ3v) is 9.69. The number of hydrogen-bond acceptors (Lipinski definition) is 10. The molecular weight excluding hydrogens is 709 g/mol. The minimum Gasteiger partial charge on any atom is -0.426 e. The van der Waals surface area contributed by atoms with Crippen LogP contribution >= 0.6 is 0 Å². The van der Waals surface area contributed by atoms with E-state index in [2.05, 4.69) is 52.5 Å². The number of carbonyl (C=O) groups excluding carboxylic acids is 6. The van der Waals surface area contributed by atoms with Gasteiger partial charge in [0.1, 0.15) is 24.2 Å². The minimum absolute atomic E-state index is 0.198. The highest BCUT2D eigenvalue weighted by Crippen LogP contribution is 2.27. The van der Waals surface area contributed by atoms with Gasteiger partial charge in [0.15, 0.2) is 0 Å². The largest absolute Gasteiger partial charge is 0.475 e. The summed E-state index contributed by atoms with van der Waals surface area (Å²) in [6.07, 6.45) is 3.98. The summed E-state index contributed by atoms with van der Waals surface area (Å²) in [6.45, 7) is 6.42. The summed E-state index contributed by atoms with van der Waals surface area (Å²) >= 11 is 0. The second-order valence-corrected chi connectivity index (χ2v) is 14.3.